The molecule has 2 aromatic carbocycles. The Morgan fingerprint density at radius 3 is 2.28 bits per heavy atom. The smallest absolute Gasteiger partial charge is 0.248 e. The lowest BCUT2D eigenvalue weighted by atomic mass is 9.97. The highest BCUT2D eigenvalue weighted by Crippen LogP contribution is 2.27. The van der Waals surface area contributed by atoms with Gasteiger partial charge < -0.3 is 11.1 Å². The number of amides is 2. The average molecular weight is 440 g/mol. The number of nitrogens with zero attached hydrogens (tertiary/aromatic N) is 1. The molecule has 1 aliphatic rings. The molecule has 2 aromatic rings. The van der Waals surface area contributed by atoms with Crippen LogP contribution >= 0.6 is 11.6 Å². The summed E-state index contributed by atoms with van der Waals surface area (Å²) in [5.74, 6) is -1.82. The lowest BCUT2D eigenvalue weighted by molar-refractivity contribution is -0.120. The number of nitrogens with two attached hydrogens (primary N) is 1. The van der Waals surface area contributed by atoms with Crippen LogP contribution in [0.5, 0.6) is 0 Å². The van der Waals surface area contributed by atoms with Gasteiger partial charge in [0.2, 0.25) is 21.8 Å². The molecule has 0 aliphatic carbocycles. The lowest BCUT2D eigenvalue weighted by Crippen LogP contribution is -2.41. The minimum Gasteiger partial charge on any atom is -0.366 e. The van der Waals surface area contributed by atoms with Crippen molar-refractivity contribution in [2.75, 3.05) is 18.4 Å². The third-order valence-corrected chi connectivity index (χ3v) is 6.97. The largest absolute Gasteiger partial charge is 0.366 e. The van der Waals surface area contributed by atoms with Gasteiger partial charge in [-0.05, 0) is 55.3 Å². The fourth-order valence-electron chi connectivity index (χ4n) is 3.11. The highest BCUT2D eigenvalue weighted by molar-refractivity contribution is 7.89. The lowest BCUT2D eigenvalue weighted by Gasteiger charge is -2.30. The first-order valence-corrected chi connectivity index (χ1v) is 10.7. The number of anilines is 1. The maximum atomic E-state index is 13.3. The Bertz CT molecular complexity index is 1040. The summed E-state index contributed by atoms with van der Waals surface area (Å²) in [5.41, 5.74) is 6.04. The van der Waals surface area contributed by atoms with Crippen LogP contribution in [0.3, 0.4) is 0 Å². The van der Waals surface area contributed by atoms with Crippen molar-refractivity contribution in [1.29, 1.82) is 0 Å². The summed E-state index contributed by atoms with van der Waals surface area (Å²) in [6.45, 7) is 0.325. The standard InChI is InChI=1S/C19H19ClFN3O4S/c20-16-11-15(5-6-17(16)21)29(27,28)24-9-7-13(8-10-24)19(26)23-14-3-1-12(2-4-14)18(22)25/h1-6,11,13H,7-10H2,(H2,22,25)(H,23,26). The Hall–Kier alpha value is -2.49. The van der Waals surface area contributed by atoms with Gasteiger partial charge in [0.25, 0.3) is 0 Å². The number of piperidine rings is 1. The molecular weight excluding hydrogens is 421 g/mol. The summed E-state index contributed by atoms with van der Waals surface area (Å²) >= 11 is 5.69. The van der Waals surface area contributed by atoms with Gasteiger partial charge in [-0.25, -0.2) is 12.8 Å². The number of benzene rings is 2. The molecule has 1 aliphatic heterocycles. The molecule has 0 spiro atoms. The van der Waals surface area contributed by atoms with E-state index in [2.05, 4.69) is 5.32 Å². The second-order valence-corrected chi connectivity index (χ2v) is 9.03. The molecule has 0 bridgehead atoms. The summed E-state index contributed by atoms with van der Waals surface area (Å²) in [5, 5.41) is 2.50. The monoisotopic (exact) mass is 439 g/mol. The Balaban J connectivity index is 1.61. The Labute approximate surface area is 172 Å². The summed E-state index contributed by atoms with van der Waals surface area (Å²) in [7, 11) is -3.82. The van der Waals surface area contributed by atoms with Gasteiger partial charge in [-0.15, -0.1) is 0 Å². The van der Waals surface area contributed by atoms with E-state index in [1.807, 2.05) is 0 Å². The van der Waals surface area contributed by atoms with Gasteiger partial charge in [-0.3, -0.25) is 9.59 Å². The van der Waals surface area contributed by atoms with Crippen molar-refractivity contribution >= 4 is 39.1 Å². The third-order valence-electron chi connectivity index (χ3n) is 4.79. The number of hydrogen-bond donors (Lipinski definition) is 2. The molecule has 0 radical (unpaired) electrons. The fourth-order valence-corrected chi connectivity index (χ4v) is 4.85. The van der Waals surface area contributed by atoms with Crippen LogP contribution in [0.15, 0.2) is 47.4 Å². The number of hydrogen-bond acceptors (Lipinski definition) is 4. The predicted molar refractivity (Wildman–Crippen MR) is 106 cm³/mol. The number of carbonyl (C=O) groups excluding carboxylic acids is 2. The Kier molecular flexibility index (Phi) is 6.21. The van der Waals surface area contributed by atoms with E-state index < -0.39 is 21.7 Å². The SMILES string of the molecule is NC(=O)c1ccc(NC(=O)C2CCN(S(=O)(=O)c3ccc(F)c(Cl)c3)CC2)cc1. The highest BCUT2D eigenvalue weighted by Gasteiger charge is 2.32. The number of carbonyl (C=O) groups is 2. The molecule has 1 fully saturated rings. The summed E-state index contributed by atoms with van der Waals surface area (Å²) in [6.07, 6.45) is 0.693. The van der Waals surface area contributed by atoms with E-state index in [-0.39, 0.29) is 34.8 Å². The molecule has 0 atom stereocenters. The molecule has 3 rings (SSSR count). The maximum absolute atomic E-state index is 13.3. The Morgan fingerprint density at radius 2 is 1.72 bits per heavy atom. The summed E-state index contributed by atoms with van der Waals surface area (Å²) in [4.78, 5) is 23.5. The van der Waals surface area contributed by atoms with Gasteiger partial charge in [-0.1, -0.05) is 11.6 Å². The molecule has 1 heterocycles. The first-order valence-electron chi connectivity index (χ1n) is 8.84. The first kappa shape index (κ1) is 21.2. The second kappa shape index (κ2) is 8.48. The van der Waals surface area contributed by atoms with Crippen LogP contribution in [-0.2, 0) is 14.8 Å². The van der Waals surface area contributed by atoms with E-state index in [1.54, 1.807) is 12.1 Å². The molecule has 29 heavy (non-hydrogen) atoms. The normalized spacial score (nSPS) is 15.8. The van der Waals surface area contributed by atoms with Gasteiger partial charge in [0.15, 0.2) is 0 Å². The zero-order valence-corrected chi connectivity index (χ0v) is 16.8. The number of primary amides is 1. The van der Waals surface area contributed by atoms with Gasteiger partial charge in [0.1, 0.15) is 5.82 Å². The van der Waals surface area contributed by atoms with Crippen LogP contribution in [0.1, 0.15) is 23.2 Å². The molecule has 3 N–H and O–H groups in total. The second-order valence-electron chi connectivity index (χ2n) is 6.69. The molecule has 154 valence electrons. The number of rotatable bonds is 5. The van der Waals surface area contributed by atoms with Crippen molar-refractivity contribution in [2.45, 2.75) is 17.7 Å². The van der Waals surface area contributed by atoms with Crippen molar-refractivity contribution in [1.82, 2.24) is 4.31 Å². The van der Waals surface area contributed by atoms with Crippen LogP contribution in [0.25, 0.3) is 0 Å². The quantitative estimate of drug-likeness (QED) is 0.746. The van der Waals surface area contributed by atoms with Crippen molar-refractivity contribution < 1.29 is 22.4 Å². The van der Waals surface area contributed by atoms with E-state index in [0.717, 1.165) is 12.1 Å². The van der Waals surface area contributed by atoms with Crippen molar-refractivity contribution in [2.24, 2.45) is 11.7 Å². The minimum absolute atomic E-state index is 0.0821. The topological polar surface area (TPSA) is 110 Å². The fraction of sp³-hybridized carbons (Fsp3) is 0.263. The number of halogens is 2. The predicted octanol–water partition coefficient (Wildman–Crippen LogP) is 2.62. The molecule has 0 unspecified atom stereocenters. The Morgan fingerprint density at radius 1 is 1.10 bits per heavy atom. The molecule has 0 aromatic heterocycles. The van der Waals surface area contributed by atoms with Gasteiger partial charge >= 0.3 is 0 Å². The number of sulfonamides is 1. The van der Waals surface area contributed by atoms with Crippen molar-refractivity contribution in [3.05, 3.63) is 58.9 Å². The van der Waals surface area contributed by atoms with Crippen LogP contribution in [0.4, 0.5) is 10.1 Å². The maximum Gasteiger partial charge on any atom is 0.248 e. The van der Waals surface area contributed by atoms with Crippen LogP contribution < -0.4 is 11.1 Å². The minimum atomic E-state index is -3.82. The molecule has 2 amide bonds. The molecule has 7 nitrogen and oxygen atoms in total. The highest BCUT2D eigenvalue weighted by atomic mass is 35.5. The van der Waals surface area contributed by atoms with Crippen LogP contribution in [-0.4, -0.2) is 37.6 Å². The zero-order chi connectivity index (χ0) is 21.2. The van der Waals surface area contributed by atoms with E-state index in [4.69, 9.17) is 17.3 Å². The molecular formula is C19H19ClFN3O4S. The van der Waals surface area contributed by atoms with Crippen molar-refractivity contribution in [3.63, 3.8) is 0 Å². The van der Waals surface area contributed by atoms with Gasteiger partial charge in [-0.2, -0.15) is 4.31 Å². The van der Waals surface area contributed by atoms with Crippen LogP contribution in [0, 0.1) is 11.7 Å². The van der Waals surface area contributed by atoms with E-state index >= 15 is 0 Å². The van der Waals surface area contributed by atoms with E-state index in [9.17, 15) is 22.4 Å². The molecule has 0 saturated carbocycles. The summed E-state index contributed by atoms with van der Waals surface area (Å²) < 4.78 is 40.0. The molecule has 10 heteroatoms. The van der Waals surface area contributed by atoms with Crippen LogP contribution in [0.2, 0.25) is 5.02 Å². The van der Waals surface area contributed by atoms with E-state index in [0.29, 0.717) is 24.1 Å². The first-order chi connectivity index (χ1) is 13.7. The van der Waals surface area contributed by atoms with Gasteiger partial charge in [0.05, 0.1) is 9.92 Å². The third kappa shape index (κ3) is 4.75. The summed E-state index contributed by atoms with van der Waals surface area (Å²) in [6, 6.07) is 9.46. The average Bonchev–Trinajstić information content (AvgIpc) is 2.70. The number of nitrogens with one attached hydrogen (secondary N) is 1. The van der Waals surface area contributed by atoms with Gasteiger partial charge in [0, 0.05) is 30.3 Å². The molecule has 1 saturated heterocycles. The zero-order valence-electron chi connectivity index (χ0n) is 15.3. The van der Waals surface area contributed by atoms with E-state index in [1.165, 1.54) is 22.5 Å². The van der Waals surface area contributed by atoms with Crippen molar-refractivity contribution in [3.8, 4) is 0 Å².